The maximum Gasteiger partial charge on any atom is 0.227 e. The average molecular weight is 261 g/mol. The lowest BCUT2D eigenvalue weighted by Gasteiger charge is -2.27. The average Bonchev–Trinajstić information content (AvgIpc) is 2.81. The largest absolute Gasteiger partial charge is 0.508 e. The smallest absolute Gasteiger partial charge is 0.227 e. The van der Waals surface area contributed by atoms with Gasteiger partial charge in [0.25, 0.3) is 0 Å². The van der Waals surface area contributed by atoms with Crippen molar-refractivity contribution in [1.82, 2.24) is 4.90 Å². The van der Waals surface area contributed by atoms with Gasteiger partial charge in [-0.15, -0.1) is 0 Å². The molecule has 1 aromatic carbocycles. The number of carbonyl (C=O) groups is 1. The summed E-state index contributed by atoms with van der Waals surface area (Å²) in [5, 5.41) is 9.71. The molecule has 1 unspecified atom stereocenters. The molecule has 2 rings (SSSR count). The van der Waals surface area contributed by atoms with Gasteiger partial charge in [0.15, 0.2) is 0 Å². The third kappa shape index (κ3) is 3.28. The van der Waals surface area contributed by atoms with Crippen molar-refractivity contribution in [2.24, 2.45) is 11.3 Å². The highest BCUT2D eigenvalue weighted by Gasteiger charge is 2.33. The number of amides is 1. The van der Waals surface area contributed by atoms with Gasteiger partial charge in [-0.1, -0.05) is 39.0 Å². The zero-order valence-electron chi connectivity index (χ0n) is 12.0. The number of likely N-dealkylation sites (tertiary alicyclic amines) is 1. The van der Waals surface area contributed by atoms with Crippen molar-refractivity contribution < 1.29 is 9.90 Å². The number of phenolic OH excluding ortho intramolecular Hbond substituents is 1. The van der Waals surface area contributed by atoms with E-state index in [1.807, 2.05) is 17.0 Å². The van der Waals surface area contributed by atoms with Gasteiger partial charge in [-0.25, -0.2) is 0 Å². The molecular formula is C16H23NO2. The Hall–Kier alpha value is -1.51. The topological polar surface area (TPSA) is 40.5 Å². The maximum atomic E-state index is 12.3. The van der Waals surface area contributed by atoms with Gasteiger partial charge in [-0.05, 0) is 23.8 Å². The molecule has 1 aliphatic rings. The van der Waals surface area contributed by atoms with E-state index in [0.717, 1.165) is 19.5 Å². The second-order valence-corrected chi connectivity index (χ2v) is 6.50. The van der Waals surface area contributed by atoms with Gasteiger partial charge in [0.05, 0.1) is 6.42 Å². The molecule has 1 amide bonds. The van der Waals surface area contributed by atoms with Crippen molar-refractivity contribution in [2.75, 3.05) is 13.1 Å². The van der Waals surface area contributed by atoms with E-state index < -0.39 is 0 Å². The second-order valence-electron chi connectivity index (χ2n) is 6.50. The van der Waals surface area contributed by atoms with Gasteiger partial charge >= 0.3 is 0 Å². The second kappa shape index (κ2) is 5.24. The number of nitrogens with zero attached hydrogens (tertiary/aromatic N) is 1. The number of hydrogen-bond donors (Lipinski definition) is 1. The monoisotopic (exact) mass is 261 g/mol. The van der Waals surface area contributed by atoms with Crippen LogP contribution in [-0.2, 0) is 11.2 Å². The van der Waals surface area contributed by atoms with E-state index in [-0.39, 0.29) is 17.1 Å². The molecule has 1 heterocycles. The molecule has 1 aliphatic heterocycles. The molecule has 0 spiro atoms. The molecule has 3 heteroatoms. The van der Waals surface area contributed by atoms with E-state index >= 15 is 0 Å². The molecule has 1 saturated heterocycles. The molecule has 3 nitrogen and oxygen atoms in total. The van der Waals surface area contributed by atoms with Gasteiger partial charge in [0.1, 0.15) is 5.75 Å². The Bertz CT molecular complexity index is 462. The third-order valence-electron chi connectivity index (χ3n) is 4.10. The number of para-hydroxylation sites is 1. The highest BCUT2D eigenvalue weighted by Crippen LogP contribution is 2.33. The third-order valence-corrected chi connectivity index (χ3v) is 4.10. The van der Waals surface area contributed by atoms with E-state index in [4.69, 9.17) is 0 Å². The Morgan fingerprint density at radius 1 is 1.37 bits per heavy atom. The lowest BCUT2D eigenvalue weighted by molar-refractivity contribution is -0.129. The summed E-state index contributed by atoms with van der Waals surface area (Å²) in [5.41, 5.74) is 0.968. The summed E-state index contributed by atoms with van der Waals surface area (Å²) in [7, 11) is 0. The zero-order valence-corrected chi connectivity index (χ0v) is 12.0. The van der Waals surface area contributed by atoms with Gasteiger partial charge in [0, 0.05) is 18.7 Å². The van der Waals surface area contributed by atoms with Crippen LogP contribution in [0.5, 0.6) is 5.75 Å². The molecule has 0 aliphatic carbocycles. The molecular weight excluding hydrogens is 238 g/mol. The Morgan fingerprint density at radius 3 is 2.63 bits per heavy atom. The van der Waals surface area contributed by atoms with Crippen LogP contribution in [0, 0.1) is 11.3 Å². The minimum atomic E-state index is 0.119. The SMILES string of the molecule is CC(C)(C)C1CCN(C(=O)Cc2ccccc2O)C1. The molecule has 0 radical (unpaired) electrons. The first kappa shape index (κ1) is 13.9. The zero-order chi connectivity index (χ0) is 14.0. The predicted octanol–water partition coefficient (Wildman–Crippen LogP) is 2.83. The van der Waals surface area contributed by atoms with Crippen molar-refractivity contribution >= 4 is 5.91 Å². The van der Waals surface area contributed by atoms with Crippen LogP contribution in [0.25, 0.3) is 0 Å². The van der Waals surface area contributed by atoms with Gasteiger partial charge in [0.2, 0.25) is 5.91 Å². The molecule has 1 atom stereocenters. The minimum absolute atomic E-state index is 0.119. The van der Waals surface area contributed by atoms with Crippen molar-refractivity contribution in [3.8, 4) is 5.75 Å². The Balaban J connectivity index is 1.97. The van der Waals surface area contributed by atoms with Crippen molar-refractivity contribution in [3.05, 3.63) is 29.8 Å². The van der Waals surface area contributed by atoms with Crippen LogP contribution >= 0.6 is 0 Å². The van der Waals surface area contributed by atoms with Gasteiger partial charge < -0.3 is 10.0 Å². The standard InChI is InChI=1S/C16H23NO2/c1-16(2,3)13-8-9-17(11-13)15(19)10-12-6-4-5-7-14(12)18/h4-7,13,18H,8-11H2,1-3H3. The maximum absolute atomic E-state index is 12.3. The number of rotatable bonds is 2. The number of hydrogen-bond acceptors (Lipinski definition) is 2. The molecule has 19 heavy (non-hydrogen) atoms. The van der Waals surface area contributed by atoms with Crippen LogP contribution in [-0.4, -0.2) is 29.0 Å². The van der Waals surface area contributed by atoms with Gasteiger partial charge in [-0.2, -0.15) is 0 Å². The van der Waals surface area contributed by atoms with Crippen LogP contribution in [0.3, 0.4) is 0 Å². The Kier molecular flexibility index (Phi) is 3.83. The summed E-state index contributed by atoms with van der Waals surface area (Å²) in [6, 6.07) is 7.06. The molecule has 1 N–H and O–H groups in total. The molecule has 1 fully saturated rings. The number of benzene rings is 1. The summed E-state index contributed by atoms with van der Waals surface area (Å²) in [4.78, 5) is 14.2. The van der Waals surface area contributed by atoms with E-state index in [1.165, 1.54) is 0 Å². The minimum Gasteiger partial charge on any atom is -0.508 e. The molecule has 0 aromatic heterocycles. The lowest BCUT2D eigenvalue weighted by Crippen LogP contribution is -2.32. The summed E-state index contributed by atoms with van der Waals surface area (Å²) < 4.78 is 0. The summed E-state index contributed by atoms with van der Waals surface area (Å²) in [6.45, 7) is 8.38. The quantitative estimate of drug-likeness (QED) is 0.889. The van der Waals surface area contributed by atoms with Crippen molar-refractivity contribution in [1.29, 1.82) is 0 Å². The first-order chi connectivity index (χ1) is 8.88. The van der Waals surface area contributed by atoms with E-state index in [0.29, 0.717) is 17.9 Å². The van der Waals surface area contributed by atoms with E-state index in [9.17, 15) is 9.90 Å². The summed E-state index contributed by atoms with van der Waals surface area (Å²) in [6.07, 6.45) is 1.37. The molecule has 0 bridgehead atoms. The summed E-state index contributed by atoms with van der Waals surface area (Å²) >= 11 is 0. The highest BCUT2D eigenvalue weighted by atomic mass is 16.3. The van der Waals surface area contributed by atoms with Crippen LogP contribution in [0.1, 0.15) is 32.8 Å². The number of carbonyl (C=O) groups excluding carboxylic acids is 1. The highest BCUT2D eigenvalue weighted by molar-refractivity contribution is 5.79. The molecule has 0 saturated carbocycles. The van der Waals surface area contributed by atoms with Crippen molar-refractivity contribution in [2.45, 2.75) is 33.6 Å². The summed E-state index contributed by atoms with van der Waals surface area (Å²) in [5.74, 6) is 0.900. The van der Waals surface area contributed by atoms with Gasteiger partial charge in [-0.3, -0.25) is 4.79 Å². The van der Waals surface area contributed by atoms with E-state index in [1.54, 1.807) is 12.1 Å². The fraction of sp³-hybridized carbons (Fsp3) is 0.562. The molecule has 104 valence electrons. The number of aromatic hydroxyl groups is 1. The van der Waals surface area contributed by atoms with Crippen LogP contribution < -0.4 is 0 Å². The van der Waals surface area contributed by atoms with Crippen LogP contribution in [0.15, 0.2) is 24.3 Å². The fourth-order valence-electron chi connectivity index (χ4n) is 2.63. The first-order valence-corrected chi connectivity index (χ1v) is 6.92. The first-order valence-electron chi connectivity index (χ1n) is 6.92. The number of phenols is 1. The van der Waals surface area contributed by atoms with E-state index in [2.05, 4.69) is 20.8 Å². The Labute approximate surface area is 115 Å². The van der Waals surface area contributed by atoms with Crippen LogP contribution in [0.4, 0.5) is 0 Å². The molecule has 1 aromatic rings. The normalized spacial score (nSPS) is 19.7. The van der Waals surface area contributed by atoms with Crippen molar-refractivity contribution in [3.63, 3.8) is 0 Å². The fourth-order valence-corrected chi connectivity index (χ4v) is 2.63. The lowest BCUT2D eigenvalue weighted by atomic mass is 9.80. The Morgan fingerprint density at radius 2 is 2.05 bits per heavy atom. The van der Waals surface area contributed by atoms with Crippen LogP contribution in [0.2, 0.25) is 0 Å². The predicted molar refractivity (Wildman–Crippen MR) is 76.0 cm³/mol.